The highest BCUT2D eigenvalue weighted by Gasteiger charge is 2.29. The summed E-state index contributed by atoms with van der Waals surface area (Å²) < 4.78 is 2.15. The van der Waals surface area contributed by atoms with Crippen LogP contribution >= 0.6 is 11.3 Å². The molecule has 1 atom stereocenters. The SMILES string of the molecule is Cc1ccsc1CN1CCn2cc(C(=O)NC3CCC3)nc2C1C. The summed E-state index contributed by atoms with van der Waals surface area (Å²) in [5.41, 5.74) is 1.93. The van der Waals surface area contributed by atoms with Crippen molar-refractivity contribution in [1.82, 2.24) is 19.8 Å². The number of aryl methyl sites for hydroxylation is 1. The number of carbonyl (C=O) groups excluding carboxylic acids is 1. The topological polar surface area (TPSA) is 50.2 Å². The summed E-state index contributed by atoms with van der Waals surface area (Å²) in [6.07, 6.45) is 5.35. The first kappa shape index (κ1) is 15.8. The van der Waals surface area contributed by atoms with Gasteiger partial charge in [0.15, 0.2) is 0 Å². The first-order chi connectivity index (χ1) is 11.6. The first-order valence-electron chi connectivity index (χ1n) is 8.77. The molecule has 0 radical (unpaired) electrons. The van der Waals surface area contributed by atoms with Gasteiger partial charge in [-0.2, -0.15) is 0 Å². The molecule has 6 heteroatoms. The van der Waals surface area contributed by atoms with Crippen LogP contribution in [0.3, 0.4) is 0 Å². The van der Waals surface area contributed by atoms with Crippen molar-refractivity contribution < 1.29 is 4.79 Å². The van der Waals surface area contributed by atoms with Crippen LogP contribution in [0, 0.1) is 6.92 Å². The fourth-order valence-corrected chi connectivity index (χ4v) is 4.35. The van der Waals surface area contributed by atoms with Gasteiger partial charge in [0.25, 0.3) is 5.91 Å². The molecule has 1 N–H and O–H groups in total. The summed E-state index contributed by atoms with van der Waals surface area (Å²) in [5, 5.41) is 5.24. The van der Waals surface area contributed by atoms with Gasteiger partial charge in [0.1, 0.15) is 11.5 Å². The van der Waals surface area contributed by atoms with Crippen LogP contribution in [0.4, 0.5) is 0 Å². The average molecular weight is 344 g/mol. The molecule has 0 saturated heterocycles. The molecule has 1 amide bonds. The molecule has 5 nitrogen and oxygen atoms in total. The number of hydrogen-bond acceptors (Lipinski definition) is 4. The highest BCUT2D eigenvalue weighted by atomic mass is 32.1. The van der Waals surface area contributed by atoms with Gasteiger partial charge in [0.2, 0.25) is 0 Å². The fraction of sp³-hybridized carbons (Fsp3) is 0.556. The molecule has 1 aliphatic heterocycles. The lowest BCUT2D eigenvalue weighted by molar-refractivity contribution is 0.0912. The van der Waals surface area contributed by atoms with E-state index in [4.69, 9.17) is 0 Å². The Labute approximate surface area is 146 Å². The third kappa shape index (κ3) is 2.89. The smallest absolute Gasteiger partial charge is 0.271 e. The zero-order chi connectivity index (χ0) is 16.7. The third-order valence-electron chi connectivity index (χ3n) is 5.34. The molecule has 2 aromatic heterocycles. The number of hydrogen-bond donors (Lipinski definition) is 1. The van der Waals surface area contributed by atoms with E-state index in [-0.39, 0.29) is 11.9 Å². The molecule has 3 heterocycles. The number of nitrogens with zero attached hydrogens (tertiary/aromatic N) is 3. The first-order valence-corrected chi connectivity index (χ1v) is 9.64. The van der Waals surface area contributed by atoms with E-state index in [1.165, 1.54) is 16.9 Å². The summed E-state index contributed by atoms with van der Waals surface area (Å²) in [7, 11) is 0. The van der Waals surface area contributed by atoms with Crippen LogP contribution in [0.1, 0.15) is 59.0 Å². The van der Waals surface area contributed by atoms with Crippen molar-refractivity contribution in [2.45, 2.75) is 58.3 Å². The Hall–Kier alpha value is -1.66. The van der Waals surface area contributed by atoms with E-state index < -0.39 is 0 Å². The summed E-state index contributed by atoms with van der Waals surface area (Å²) in [4.78, 5) is 20.9. The van der Waals surface area contributed by atoms with Crippen molar-refractivity contribution in [3.05, 3.63) is 39.6 Å². The molecule has 1 fully saturated rings. The molecule has 1 aliphatic carbocycles. The van der Waals surface area contributed by atoms with Crippen LogP contribution in [-0.2, 0) is 13.1 Å². The normalized spacial score (nSPS) is 21.3. The van der Waals surface area contributed by atoms with Crippen LogP contribution in [0.15, 0.2) is 17.6 Å². The maximum Gasteiger partial charge on any atom is 0.271 e. The second-order valence-electron chi connectivity index (χ2n) is 6.95. The number of aromatic nitrogens is 2. The predicted molar refractivity (Wildman–Crippen MR) is 95.2 cm³/mol. The highest BCUT2D eigenvalue weighted by Crippen LogP contribution is 2.28. The number of imidazole rings is 1. The van der Waals surface area contributed by atoms with E-state index in [0.717, 1.165) is 38.3 Å². The summed E-state index contributed by atoms with van der Waals surface area (Å²) >= 11 is 1.82. The van der Waals surface area contributed by atoms with Crippen LogP contribution < -0.4 is 5.32 Å². The van der Waals surface area contributed by atoms with E-state index in [1.54, 1.807) is 0 Å². The molecule has 1 saturated carbocycles. The van der Waals surface area contributed by atoms with E-state index in [9.17, 15) is 4.79 Å². The lowest BCUT2D eigenvalue weighted by atomic mass is 9.93. The summed E-state index contributed by atoms with van der Waals surface area (Å²) in [6.45, 7) is 7.21. The van der Waals surface area contributed by atoms with E-state index in [1.807, 2.05) is 17.5 Å². The number of amides is 1. The minimum atomic E-state index is -0.0190. The summed E-state index contributed by atoms with van der Waals surface area (Å²) in [5.74, 6) is 0.990. The Kier molecular flexibility index (Phi) is 4.18. The molecule has 0 bridgehead atoms. The van der Waals surface area contributed by atoms with E-state index in [2.05, 4.69) is 45.1 Å². The van der Waals surface area contributed by atoms with Crippen molar-refractivity contribution >= 4 is 17.2 Å². The lowest BCUT2D eigenvalue weighted by Gasteiger charge is -2.33. The van der Waals surface area contributed by atoms with Gasteiger partial charge < -0.3 is 9.88 Å². The van der Waals surface area contributed by atoms with Gasteiger partial charge in [-0.3, -0.25) is 9.69 Å². The second kappa shape index (κ2) is 6.33. The molecule has 2 aliphatic rings. The number of carbonyl (C=O) groups is 1. The third-order valence-corrected chi connectivity index (χ3v) is 6.35. The van der Waals surface area contributed by atoms with Gasteiger partial charge >= 0.3 is 0 Å². The molecule has 1 unspecified atom stereocenters. The van der Waals surface area contributed by atoms with Gasteiger partial charge in [-0.05, 0) is 50.1 Å². The van der Waals surface area contributed by atoms with E-state index in [0.29, 0.717) is 11.7 Å². The standard InChI is InChI=1S/C18H24N4OS/c1-12-6-9-24-16(12)11-21-7-8-22-10-15(20-17(22)13(21)2)18(23)19-14-4-3-5-14/h6,9-10,13-14H,3-5,7-8,11H2,1-2H3,(H,19,23). The zero-order valence-electron chi connectivity index (χ0n) is 14.3. The molecule has 0 spiro atoms. The molecule has 4 rings (SSSR count). The van der Waals surface area contributed by atoms with Crippen molar-refractivity contribution in [1.29, 1.82) is 0 Å². The van der Waals surface area contributed by atoms with Crippen LogP contribution in [0.25, 0.3) is 0 Å². The number of thiophene rings is 1. The number of fused-ring (bicyclic) bond motifs is 1. The Morgan fingerprint density at radius 3 is 2.92 bits per heavy atom. The minimum Gasteiger partial charge on any atom is -0.348 e. The number of nitrogens with one attached hydrogen (secondary N) is 1. The lowest BCUT2D eigenvalue weighted by Crippen LogP contribution is -2.39. The highest BCUT2D eigenvalue weighted by molar-refractivity contribution is 7.10. The maximum absolute atomic E-state index is 12.4. The van der Waals surface area contributed by atoms with Crippen molar-refractivity contribution in [3.63, 3.8) is 0 Å². The van der Waals surface area contributed by atoms with Crippen LogP contribution in [0.5, 0.6) is 0 Å². The number of rotatable bonds is 4. The van der Waals surface area contributed by atoms with E-state index >= 15 is 0 Å². The molecule has 24 heavy (non-hydrogen) atoms. The van der Waals surface area contributed by atoms with Crippen molar-refractivity contribution in [2.75, 3.05) is 6.54 Å². The monoisotopic (exact) mass is 344 g/mol. The minimum absolute atomic E-state index is 0.0190. The molecule has 0 aromatic carbocycles. The Morgan fingerprint density at radius 2 is 2.25 bits per heavy atom. The van der Waals surface area contributed by atoms with Crippen LogP contribution in [-0.4, -0.2) is 32.9 Å². The second-order valence-corrected chi connectivity index (χ2v) is 7.95. The van der Waals surface area contributed by atoms with Gasteiger partial charge in [-0.15, -0.1) is 11.3 Å². The maximum atomic E-state index is 12.4. The van der Waals surface area contributed by atoms with Gasteiger partial charge in [0, 0.05) is 36.8 Å². The fourth-order valence-electron chi connectivity index (χ4n) is 3.42. The van der Waals surface area contributed by atoms with Crippen molar-refractivity contribution in [3.8, 4) is 0 Å². The largest absolute Gasteiger partial charge is 0.348 e. The Balaban J connectivity index is 1.49. The van der Waals surface area contributed by atoms with Gasteiger partial charge in [-0.1, -0.05) is 0 Å². The quantitative estimate of drug-likeness (QED) is 0.927. The molecule has 2 aromatic rings. The summed E-state index contributed by atoms with van der Waals surface area (Å²) in [6, 6.07) is 2.76. The van der Waals surface area contributed by atoms with Gasteiger partial charge in [0.05, 0.1) is 6.04 Å². The Bertz CT molecular complexity index is 746. The van der Waals surface area contributed by atoms with Crippen molar-refractivity contribution in [2.24, 2.45) is 0 Å². The molecular weight excluding hydrogens is 320 g/mol. The van der Waals surface area contributed by atoms with Gasteiger partial charge in [-0.25, -0.2) is 4.98 Å². The molecule has 128 valence electrons. The predicted octanol–water partition coefficient (Wildman–Crippen LogP) is 3.11. The molecular formula is C18H24N4OS. The van der Waals surface area contributed by atoms with Crippen LogP contribution in [0.2, 0.25) is 0 Å². The zero-order valence-corrected chi connectivity index (χ0v) is 15.1. The average Bonchev–Trinajstić information content (AvgIpc) is 3.13. The Morgan fingerprint density at radius 1 is 1.42 bits per heavy atom.